The first-order chi connectivity index (χ1) is 19.5. The molecule has 15 heteroatoms. The molecular formula is C26H33FN5O8P. The second-order valence-corrected chi connectivity index (χ2v) is 12.5. The molecule has 1 aromatic carbocycles. The number of carbonyl (C=O) groups excluding carboxylic acids is 1. The number of nitrogen functional groups attached to an aromatic ring is 1. The van der Waals surface area contributed by atoms with Crippen LogP contribution < -0.4 is 15.3 Å². The van der Waals surface area contributed by atoms with Crippen LogP contribution in [0.5, 0.6) is 5.75 Å². The first-order valence-corrected chi connectivity index (χ1v) is 14.6. The number of nitrogens with zero attached hydrogens (tertiary/aromatic N) is 3. The Hall–Kier alpha value is -3.13. The number of benzene rings is 1. The van der Waals surface area contributed by atoms with Crippen molar-refractivity contribution in [3.05, 3.63) is 54.5 Å². The van der Waals surface area contributed by atoms with Gasteiger partial charge in [0.1, 0.15) is 54.2 Å². The van der Waals surface area contributed by atoms with Crippen LogP contribution in [0.25, 0.3) is 5.52 Å². The maximum atomic E-state index is 14.6. The molecule has 5 N–H and O–H groups in total. The molecular weight excluding hydrogens is 560 g/mol. The van der Waals surface area contributed by atoms with Crippen LogP contribution in [-0.4, -0.2) is 74.5 Å². The second kappa shape index (κ2) is 11.3. The lowest BCUT2D eigenvalue weighted by Crippen LogP contribution is -2.49. The van der Waals surface area contributed by atoms with Crippen LogP contribution in [-0.2, 0) is 23.4 Å². The van der Waals surface area contributed by atoms with Gasteiger partial charge in [0.2, 0.25) is 0 Å². The zero-order valence-electron chi connectivity index (χ0n) is 22.6. The number of nitrogens with one attached hydrogen (secondary N) is 1. The Morgan fingerprint density at radius 1 is 1.27 bits per heavy atom. The van der Waals surface area contributed by atoms with Gasteiger partial charge in [-0.25, -0.2) is 18.5 Å². The third-order valence-corrected chi connectivity index (χ3v) is 9.01. The second-order valence-electron chi connectivity index (χ2n) is 10.8. The van der Waals surface area contributed by atoms with Crippen molar-refractivity contribution >= 4 is 25.1 Å². The van der Waals surface area contributed by atoms with Gasteiger partial charge in [0, 0.05) is 5.41 Å². The molecule has 2 aliphatic rings. The number of rotatable bonds is 12. The molecule has 1 aliphatic carbocycles. The van der Waals surface area contributed by atoms with Crippen molar-refractivity contribution in [1.29, 1.82) is 0 Å². The molecule has 3 heterocycles. The molecule has 0 unspecified atom stereocenters. The highest BCUT2D eigenvalue weighted by Gasteiger charge is 2.57. The van der Waals surface area contributed by atoms with Crippen LogP contribution in [0.3, 0.4) is 0 Å². The van der Waals surface area contributed by atoms with E-state index in [0.29, 0.717) is 5.52 Å². The van der Waals surface area contributed by atoms with Crippen LogP contribution in [0.1, 0.15) is 38.5 Å². The number of anilines is 1. The van der Waals surface area contributed by atoms with Crippen molar-refractivity contribution in [2.24, 2.45) is 5.41 Å². The Labute approximate surface area is 235 Å². The fraction of sp³-hybridized carbons (Fsp3) is 0.500. The van der Waals surface area contributed by atoms with Crippen molar-refractivity contribution in [1.82, 2.24) is 19.7 Å². The number of halogens is 1. The summed E-state index contributed by atoms with van der Waals surface area (Å²) in [5.41, 5.74) is 4.38. The van der Waals surface area contributed by atoms with Crippen LogP contribution >= 0.6 is 7.75 Å². The summed E-state index contributed by atoms with van der Waals surface area (Å²) >= 11 is 0. The zero-order valence-corrected chi connectivity index (χ0v) is 23.4. The molecule has 13 nitrogen and oxygen atoms in total. The number of aromatic nitrogens is 3. The third kappa shape index (κ3) is 6.08. The fourth-order valence-corrected chi connectivity index (χ4v) is 6.03. The van der Waals surface area contributed by atoms with Gasteiger partial charge >= 0.3 is 13.7 Å². The minimum absolute atomic E-state index is 0.0555. The number of nitrogens with two attached hydrogens (primary N) is 1. The van der Waals surface area contributed by atoms with Crippen LogP contribution in [0.4, 0.5) is 10.2 Å². The van der Waals surface area contributed by atoms with Gasteiger partial charge in [-0.3, -0.25) is 9.32 Å². The van der Waals surface area contributed by atoms with Gasteiger partial charge in [-0.1, -0.05) is 25.1 Å². The summed E-state index contributed by atoms with van der Waals surface area (Å²) in [6.07, 6.45) is -1.56. The number of esters is 1. The van der Waals surface area contributed by atoms with Gasteiger partial charge in [0.25, 0.3) is 0 Å². The van der Waals surface area contributed by atoms with E-state index in [1.165, 1.54) is 29.9 Å². The predicted molar refractivity (Wildman–Crippen MR) is 143 cm³/mol. The quantitative estimate of drug-likeness (QED) is 0.178. The van der Waals surface area contributed by atoms with Crippen molar-refractivity contribution in [3.8, 4) is 5.75 Å². The number of carbonyl (C=O) groups is 1. The Morgan fingerprint density at radius 2 is 2.00 bits per heavy atom. The van der Waals surface area contributed by atoms with Gasteiger partial charge in [-0.05, 0) is 44.0 Å². The van der Waals surface area contributed by atoms with E-state index in [-0.39, 0.29) is 29.3 Å². The van der Waals surface area contributed by atoms with E-state index in [1.807, 2.05) is 6.92 Å². The largest absolute Gasteiger partial charge is 0.464 e. The van der Waals surface area contributed by atoms with E-state index in [4.69, 9.17) is 24.3 Å². The molecule has 1 aliphatic heterocycles. The van der Waals surface area contributed by atoms with E-state index < -0.39 is 57.0 Å². The van der Waals surface area contributed by atoms with Gasteiger partial charge in [0.05, 0.1) is 18.9 Å². The topological polar surface area (TPSA) is 180 Å². The molecule has 2 aromatic heterocycles. The predicted octanol–water partition coefficient (Wildman–Crippen LogP) is 2.34. The summed E-state index contributed by atoms with van der Waals surface area (Å²) in [4.78, 5) is 16.5. The van der Waals surface area contributed by atoms with Crippen molar-refractivity contribution in [3.63, 3.8) is 0 Å². The third-order valence-electron chi connectivity index (χ3n) is 7.38. The van der Waals surface area contributed by atoms with Gasteiger partial charge in [-0.2, -0.15) is 10.2 Å². The van der Waals surface area contributed by atoms with Crippen molar-refractivity contribution < 1.29 is 42.5 Å². The molecule has 1 saturated carbocycles. The average Bonchev–Trinajstić information content (AvgIpc) is 3.44. The summed E-state index contributed by atoms with van der Waals surface area (Å²) in [5, 5.41) is 28.4. The molecule has 41 heavy (non-hydrogen) atoms. The number of fused-ring (bicyclic) bond motifs is 1. The van der Waals surface area contributed by atoms with Crippen LogP contribution in [0.15, 0.2) is 48.8 Å². The number of aliphatic hydroxyl groups excluding tert-OH is 2. The number of hydrogen-bond acceptors (Lipinski definition) is 11. The van der Waals surface area contributed by atoms with E-state index >= 15 is 0 Å². The summed E-state index contributed by atoms with van der Waals surface area (Å²) in [6, 6.07) is 10.1. The molecule has 2 fully saturated rings. The fourth-order valence-electron chi connectivity index (χ4n) is 4.48. The van der Waals surface area contributed by atoms with Crippen LogP contribution in [0.2, 0.25) is 0 Å². The number of alkyl halides is 1. The highest BCUT2D eigenvalue weighted by Crippen LogP contribution is 2.49. The van der Waals surface area contributed by atoms with E-state index in [0.717, 1.165) is 12.8 Å². The van der Waals surface area contributed by atoms with Crippen molar-refractivity contribution in [2.75, 3.05) is 25.6 Å². The SMILES string of the molecule is C[C@H](N[P@@](=O)(OC[C@@]1(CF)O[C@@H](c2ccc3c(N)ncnn23)[C@H](O)[C@@H]1O)Oc1ccccc1)C(=O)OCC1(C)CC1. The Kier molecular flexibility index (Phi) is 8.07. The average molecular weight is 594 g/mol. The Bertz CT molecular complexity index is 1440. The van der Waals surface area contributed by atoms with Crippen molar-refractivity contribution in [2.45, 2.75) is 56.6 Å². The molecule has 5 rings (SSSR count). The lowest BCUT2D eigenvalue weighted by atomic mass is 9.96. The molecule has 0 bridgehead atoms. The monoisotopic (exact) mass is 593 g/mol. The highest BCUT2D eigenvalue weighted by molar-refractivity contribution is 7.52. The van der Waals surface area contributed by atoms with Gasteiger partial charge in [-0.15, -0.1) is 0 Å². The first-order valence-electron chi connectivity index (χ1n) is 13.1. The minimum atomic E-state index is -4.41. The Morgan fingerprint density at radius 3 is 2.68 bits per heavy atom. The number of ether oxygens (including phenoxy) is 2. The number of hydrogen-bond donors (Lipinski definition) is 4. The minimum Gasteiger partial charge on any atom is -0.464 e. The molecule has 0 amide bonds. The van der Waals surface area contributed by atoms with E-state index in [9.17, 15) is 24.0 Å². The normalized spacial score (nSPS) is 27.3. The zero-order chi connectivity index (χ0) is 29.4. The summed E-state index contributed by atoms with van der Waals surface area (Å²) < 4.78 is 52.4. The number of aliphatic hydroxyl groups is 2. The summed E-state index contributed by atoms with van der Waals surface area (Å²) in [7, 11) is -4.41. The standard InChI is InChI=1S/C26H33FN5O8P/c1-16(24(35)37-13-25(2)10-11-25)31-41(36,40-17-6-4-3-5-7-17)38-14-26(12-27)22(34)20(33)21(39-26)18-8-9-19-23(28)29-15-30-32(18)19/h3-9,15-16,20-22,33-34H,10-14H2,1-2H3,(H,31,36)(H2,28,29,30)/t16-,20-,21-,22-,26+,41+/m0/s1. The maximum Gasteiger partial charge on any atom is 0.459 e. The van der Waals surface area contributed by atoms with E-state index in [2.05, 4.69) is 15.2 Å². The lowest BCUT2D eigenvalue weighted by Gasteiger charge is -2.31. The first kappa shape index (κ1) is 29.4. The smallest absolute Gasteiger partial charge is 0.459 e. The lowest BCUT2D eigenvalue weighted by molar-refractivity contribution is -0.147. The maximum absolute atomic E-state index is 14.6. The van der Waals surface area contributed by atoms with E-state index in [1.54, 1.807) is 30.3 Å². The number of para-hydroxylation sites is 1. The van der Waals surface area contributed by atoms with Crippen LogP contribution in [0, 0.1) is 5.41 Å². The molecule has 6 atom stereocenters. The molecule has 1 saturated heterocycles. The molecule has 3 aromatic rings. The summed E-state index contributed by atoms with van der Waals surface area (Å²) in [6.45, 7) is 1.52. The molecule has 0 spiro atoms. The Balaban J connectivity index is 1.35. The van der Waals surface area contributed by atoms with Gasteiger partial charge < -0.3 is 29.9 Å². The highest BCUT2D eigenvalue weighted by atomic mass is 31.2. The van der Waals surface area contributed by atoms with Gasteiger partial charge in [0.15, 0.2) is 5.82 Å². The molecule has 0 radical (unpaired) electrons. The molecule has 222 valence electrons. The summed E-state index contributed by atoms with van der Waals surface area (Å²) in [5.74, 6) is -0.359.